The van der Waals surface area contributed by atoms with E-state index in [2.05, 4.69) is 37.0 Å². The van der Waals surface area contributed by atoms with Crippen molar-refractivity contribution in [2.24, 2.45) is 0 Å². The summed E-state index contributed by atoms with van der Waals surface area (Å²) in [5.41, 5.74) is 2.43. The molecule has 2 N–H and O–H groups in total. The fourth-order valence-corrected chi connectivity index (χ4v) is 7.46. The largest absolute Gasteiger partial charge is 0.494 e. The Morgan fingerprint density at radius 2 is 1.96 bits per heavy atom. The van der Waals surface area contributed by atoms with Crippen LogP contribution in [0.15, 0.2) is 49.3 Å². The number of rotatable bonds is 9. The predicted octanol–water partition coefficient (Wildman–Crippen LogP) is 6.12. The normalized spacial score (nSPS) is 22.9. The summed E-state index contributed by atoms with van der Waals surface area (Å²) in [4.78, 5) is 32.1. The highest BCUT2D eigenvalue weighted by Crippen LogP contribution is 2.42. The minimum Gasteiger partial charge on any atom is -0.494 e. The van der Waals surface area contributed by atoms with Crippen LogP contribution in [0.2, 0.25) is 10.0 Å². The van der Waals surface area contributed by atoms with E-state index in [-0.39, 0.29) is 16.0 Å². The summed E-state index contributed by atoms with van der Waals surface area (Å²) in [5, 5.41) is 7.85. The third-order valence-corrected chi connectivity index (χ3v) is 10.2. The maximum Gasteiger partial charge on any atom is 0.247 e. The minimum absolute atomic E-state index is 0.131. The molecule has 2 aromatic carbocycles. The van der Waals surface area contributed by atoms with Crippen molar-refractivity contribution in [2.75, 3.05) is 60.6 Å². The molecule has 0 unspecified atom stereocenters. The number of anilines is 5. The maximum atomic E-state index is 15.1. The lowest BCUT2D eigenvalue weighted by atomic mass is 10.0. The van der Waals surface area contributed by atoms with Gasteiger partial charge in [-0.05, 0) is 37.5 Å². The molecule has 1 aromatic heterocycles. The van der Waals surface area contributed by atoms with Gasteiger partial charge in [0.2, 0.25) is 5.91 Å². The van der Waals surface area contributed by atoms with E-state index in [0.717, 1.165) is 51.2 Å². The number of fused-ring (bicyclic) bond motifs is 2. The first-order valence-corrected chi connectivity index (χ1v) is 16.5. The van der Waals surface area contributed by atoms with Gasteiger partial charge < -0.3 is 25.0 Å². The first-order chi connectivity index (χ1) is 22.8. The van der Waals surface area contributed by atoms with Gasteiger partial charge in [0.15, 0.2) is 5.82 Å². The Balaban J connectivity index is 1.12. The molecule has 4 saturated heterocycles. The molecule has 47 heavy (non-hydrogen) atoms. The number of methoxy groups -OCH3 is 1. The average molecular weight is 685 g/mol. The Morgan fingerprint density at radius 1 is 1.13 bits per heavy atom. The third kappa shape index (κ3) is 6.32. The van der Waals surface area contributed by atoms with Crippen molar-refractivity contribution in [1.29, 1.82) is 0 Å². The van der Waals surface area contributed by atoms with Crippen molar-refractivity contribution in [3.05, 3.63) is 70.7 Å². The van der Waals surface area contributed by atoms with Crippen molar-refractivity contribution in [3.8, 4) is 5.75 Å². The zero-order chi connectivity index (χ0) is 32.7. The fraction of sp³-hybridized carbons (Fsp3) is 0.424. The van der Waals surface area contributed by atoms with E-state index in [4.69, 9.17) is 37.5 Å². The number of nitrogens with zero attached hydrogens (tertiary/aromatic N) is 5. The van der Waals surface area contributed by atoms with Crippen molar-refractivity contribution >= 4 is 57.8 Å². The standard InChI is InChI=1S/C33H36Cl2FN7O4/c1-3-31(44)40-24-13-25(28(45-2)14-27(24)41-9-6-19(7-10-41)42-16-21-12-20(42)17-46-21)39-29-15-30(38-18-37-29)43-26(8-11-47-43)22-4-5-23(34)32(35)33(22)36/h3-5,13-15,18-21,26H,1,6-12,16-17H2,2H3,(H,40,44)(H,37,38,39)/t20-,21-,26+/m0/s1. The zero-order valence-electron chi connectivity index (χ0n) is 25.9. The first kappa shape index (κ1) is 31.9. The van der Waals surface area contributed by atoms with Crippen LogP contribution in [0.3, 0.4) is 0 Å². The molecule has 4 aliphatic heterocycles. The number of nitrogens with one attached hydrogen (secondary N) is 2. The summed E-state index contributed by atoms with van der Waals surface area (Å²) in [6.07, 6.45) is 6.73. The monoisotopic (exact) mass is 683 g/mol. The number of likely N-dealkylation sites (tertiary alicyclic amines) is 1. The maximum absolute atomic E-state index is 15.1. The second kappa shape index (κ2) is 13.4. The molecule has 248 valence electrons. The van der Waals surface area contributed by atoms with Crippen LogP contribution in [0.25, 0.3) is 0 Å². The molecule has 3 atom stereocenters. The lowest BCUT2D eigenvalue weighted by Gasteiger charge is -2.41. The molecule has 2 bridgehead atoms. The summed E-state index contributed by atoms with van der Waals surface area (Å²) in [7, 11) is 1.60. The average Bonchev–Trinajstić information content (AvgIpc) is 3.86. The van der Waals surface area contributed by atoms with E-state index in [1.807, 2.05) is 12.1 Å². The van der Waals surface area contributed by atoms with Crippen molar-refractivity contribution in [3.63, 3.8) is 0 Å². The Hall–Kier alpha value is -3.68. The van der Waals surface area contributed by atoms with Gasteiger partial charge in [-0.3, -0.25) is 14.5 Å². The Kier molecular flexibility index (Phi) is 9.12. The van der Waals surface area contributed by atoms with Gasteiger partial charge in [0, 0.05) is 55.8 Å². The molecule has 14 heteroatoms. The molecule has 0 aliphatic carbocycles. The number of morpholine rings is 1. The van der Waals surface area contributed by atoms with Crippen molar-refractivity contribution in [1.82, 2.24) is 14.9 Å². The second-order valence-electron chi connectivity index (χ2n) is 12.1. The molecule has 4 aliphatic rings. The molecule has 5 heterocycles. The number of hydroxylamine groups is 1. The number of hydrogen-bond donors (Lipinski definition) is 2. The number of hydrogen-bond acceptors (Lipinski definition) is 10. The second-order valence-corrected chi connectivity index (χ2v) is 12.9. The molecular weight excluding hydrogens is 648 g/mol. The Labute approximate surface area is 282 Å². The van der Waals surface area contributed by atoms with E-state index in [1.54, 1.807) is 30.4 Å². The van der Waals surface area contributed by atoms with E-state index in [9.17, 15) is 4.79 Å². The SMILES string of the molecule is C=CC(=O)Nc1cc(Nc2cc(N3OCC[C@@H]3c3ccc(Cl)c(Cl)c3F)ncn2)c(OC)cc1N1CCC(N2C[C@@H]3C[C@H]2CO3)CC1. The van der Waals surface area contributed by atoms with Crippen molar-refractivity contribution < 1.29 is 23.5 Å². The first-order valence-electron chi connectivity index (χ1n) is 15.7. The summed E-state index contributed by atoms with van der Waals surface area (Å²) in [5.74, 6) is 0.526. The van der Waals surface area contributed by atoms with Gasteiger partial charge in [0.25, 0.3) is 0 Å². The molecule has 1 amide bonds. The van der Waals surface area contributed by atoms with Gasteiger partial charge in [-0.1, -0.05) is 35.8 Å². The van der Waals surface area contributed by atoms with Gasteiger partial charge in [-0.25, -0.2) is 19.4 Å². The quantitative estimate of drug-likeness (QED) is 0.202. The number of benzene rings is 2. The topological polar surface area (TPSA) is 104 Å². The van der Waals surface area contributed by atoms with Gasteiger partial charge in [0.1, 0.15) is 23.7 Å². The summed E-state index contributed by atoms with van der Waals surface area (Å²) in [6, 6.07) is 9.23. The molecular formula is C33H36Cl2FN7O4. The molecule has 3 aromatic rings. The van der Waals surface area contributed by atoms with Gasteiger partial charge in [-0.2, -0.15) is 0 Å². The predicted molar refractivity (Wildman–Crippen MR) is 179 cm³/mol. The molecule has 7 rings (SSSR count). The Morgan fingerprint density at radius 3 is 2.68 bits per heavy atom. The molecule has 0 spiro atoms. The van der Waals surface area contributed by atoms with Gasteiger partial charge in [0.05, 0.1) is 59.6 Å². The zero-order valence-corrected chi connectivity index (χ0v) is 27.4. The van der Waals surface area contributed by atoms with Crippen LogP contribution in [0.1, 0.15) is 37.3 Å². The molecule has 11 nitrogen and oxygen atoms in total. The summed E-state index contributed by atoms with van der Waals surface area (Å²) < 4.78 is 26.7. The highest BCUT2D eigenvalue weighted by Gasteiger charge is 2.43. The van der Waals surface area contributed by atoms with E-state index >= 15 is 4.39 Å². The lowest BCUT2D eigenvalue weighted by molar-refractivity contribution is -0.111. The number of piperidine rings is 1. The lowest BCUT2D eigenvalue weighted by Crippen LogP contribution is -2.49. The number of aromatic nitrogens is 2. The van der Waals surface area contributed by atoms with E-state index < -0.39 is 11.9 Å². The van der Waals surface area contributed by atoms with Crippen LogP contribution in [0.4, 0.5) is 33.1 Å². The van der Waals surface area contributed by atoms with E-state index in [0.29, 0.717) is 65.5 Å². The smallest absolute Gasteiger partial charge is 0.247 e. The fourth-order valence-electron chi connectivity index (χ4n) is 7.15. The number of ether oxygens (including phenoxy) is 2. The molecule has 0 saturated carbocycles. The Bertz CT molecular complexity index is 1670. The molecule has 0 radical (unpaired) electrons. The molecule has 4 fully saturated rings. The number of halogens is 3. The van der Waals surface area contributed by atoms with E-state index in [1.165, 1.54) is 12.4 Å². The van der Waals surface area contributed by atoms with Crippen LogP contribution < -0.4 is 25.3 Å². The number of carbonyl (C=O) groups excluding carboxylic acids is 1. The van der Waals surface area contributed by atoms with Crippen LogP contribution in [0.5, 0.6) is 5.75 Å². The van der Waals surface area contributed by atoms with Crippen LogP contribution >= 0.6 is 23.2 Å². The number of amides is 1. The minimum atomic E-state index is -0.590. The van der Waals surface area contributed by atoms with Crippen LogP contribution in [-0.4, -0.2) is 78.9 Å². The summed E-state index contributed by atoms with van der Waals surface area (Å²) >= 11 is 12.1. The van der Waals surface area contributed by atoms with Gasteiger partial charge in [-0.15, -0.1) is 0 Å². The van der Waals surface area contributed by atoms with Crippen molar-refractivity contribution in [2.45, 2.75) is 49.9 Å². The highest BCUT2D eigenvalue weighted by molar-refractivity contribution is 6.42. The third-order valence-electron chi connectivity index (χ3n) is 9.45. The van der Waals surface area contributed by atoms with Gasteiger partial charge >= 0.3 is 0 Å². The van der Waals surface area contributed by atoms with Crippen LogP contribution in [0, 0.1) is 5.82 Å². The number of carbonyl (C=O) groups is 1. The highest BCUT2D eigenvalue weighted by atomic mass is 35.5. The summed E-state index contributed by atoms with van der Waals surface area (Å²) in [6.45, 7) is 7.54. The van der Waals surface area contributed by atoms with Crippen LogP contribution in [-0.2, 0) is 14.4 Å².